The van der Waals surface area contributed by atoms with Crippen molar-refractivity contribution in [3.05, 3.63) is 54.7 Å². The highest BCUT2D eigenvalue weighted by molar-refractivity contribution is 9.10. The minimum Gasteiger partial charge on any atom is -0.380 e. The van der Waals surface area contributed by atoms with E-state index in [0.29, 0.717) is 4.47 Å². The van der Waals surface area contributed by atoms with Gasteiger partial charge in [-0.2, -0.15) is 0 Å². The second-order valence-corrected chi connectivity index (χ2v) is 5.66. The molecule has 1 aromatic heterocycles. The molecular formula is C12H11BrN2O2S. The lowest BCUT2D eigenvalue weighted by Crippen LogP contribution is -1.99. The van der Waals surface area contributed by atoms with E-state index in [4.69, 9.17) is 0 Å². The molecule has 0 spiro atoms. The van der Waals surface area contributed by atoms with Gasteiger partial charge >= 0.3 is 0 Å². The van der Waals surface area contributed by atoms with Gasteiger partial charge in [0.05, 0.1) is 9.40 Å². The minimum atomic E-state index is -0.405. The van der Waals surface area contributed by atoms with Crippen LogP contribution in [-0.2, 0) is 6.54 Å². The van der Waals surface area contributed by atoms with Gasteiger partial charge in [0.1, 0.15) is 0 Å². The third kappa shape index (κ3) is 2.88. The van der Waals surface area contributed by atoms with E-state index in [9.17, 15) is 10.1 Å². The number of nitro benzene ring substituents is 1. The van der Waals surface area contributed by atoms with Gasteiger partial charge in [0.2, 0.25) is 0 Å². The third-order valence-electron chi connectivity index (χ3n) is 2.57. The van der Waals surface area contributed by atoms with Crippen molar-refractivity contribution in [3.8, 4) is 0 Å². The maximum atomic E-state index is 10.7. The molecule has 1 N–H and O–H groups in total. The Morgan fingerprint density at radius 3 is 2.78 bits per heavy atom. The van der Waals surface area contributed by atoms with E-state index in [1.165, 1.54) is 16.5 Å². The van der Waals surface area contributed by atoms with Crippen LogP contribution in [0, 0.1) is 17.0 Å². The Labute approximate surface area is 117 Å². The number of anilines is 1. The highest BCUT2D eigenvalue weighted by atomic mass is 79.9. The maximum absolute atomic E-state index is 10.7. The van der Waals surface area contributed by atoms with E-state index in [1.54, 1.807) is 23.5 Å². The summed E-state index contributed by atoms with van der Waals surface area (Å²) in [6.07, 6.45) is 0. The summed E-state index contributed by atoms with van der Waals surface area (Å²) in [4.78, 5) is 11.5. The number of thiophene rings is 1. The fraction of sp³-hybridized carbons (Fsp3) is 0.167. The summed E-state index contributed by atoms with van der Waals surface area (Å²) in [6.45, 7) is 2.80. The van der Waals surface area contributed by atoms with Crippen molar-refractivity contribution in [1.82, 2.24) is 0 Å². The van der Waals surface area contributed by atoms with Crippen molar-refractivity contribution in [2.75, 3.05) is 5.32 Å². The molecular weight excluding hydrogens is 316 g/mol. The van der Waals surface area contributed by atoms with Gasteiger partial charge in [0.25, 0.3) is 5.69 Å². The molecule has 1 aromatic carbocycles. The SMILES string of the molecule is Cc1ccsc1CNc1ccc([N+](=O)[O-])c(Br)c1. The number of nitro groups is 1. The predicted octanol–water partition coefficient (Wildman–Crippen LogP) is 4.34. The molecule has 0 atom stereocenters. The molecule has 0 unspecified atom stereocenters. The van der Waals surface area contributed by atoms with Crippen LogP contribution in [0.5, 0.6) is 0 Å². The molecule has 0 aliphatic carbocycles. The lowest BCUT2D eigenvalue weighted by Gasteiger charge is -2.06. The lowest BCUT2D eigenvalue weighted by molar-refractivity contribution is -0.385. The number of nitrogens with one attached hydrogen (secondary N) is 1. The summed E-state index contributed by atoms with van der Waals surface area (Å²) in [5.41, 5.74) is 2.20. The average Bonchev–Trinajstić information content (AvgIpc) is 2.72. The van der Waals surface area contributed by atoms with Crippen LogP contribution < -0.4 is 5.32 Å². The molecule has 0 saturated heterocycles. The van der Waals surface area contributed by atoms with E-state index in [1.807, 2.05) is 0 Å². The highest BCUT2D eigenvalue weighted by Crippen LogP contribution is 2.28. The van der Waals surface area contributed by atoms with Gasteiger partial charge in [-0.1, -0.05) is 0 Å². The molecule has 0 fully saturated rings. The van der Waals surface area contributed by atoms with Crippen molar-refractivity contribution in [1.29, 1.82) is 0 Å². The summed E-state index contributed by atoms with van der Waals surface area (Å²) >= 11 is 4.90. The molecule has 0 aliphatic heterocycles. The highest BCUT2D eigenvalue weighted by Gasteiger charge is 2.11. The molecule has 18 heavy (non-hydrogen) atoms. The average molecular weight is 327 g/mol. The van der Waals surface area contributed by atoms with E-state index in [0.717, 1.165) is 12.2 Å². The number of hydrogen-bond acceptors (Lipinski definition) is 4. The normalized spacial score (nSPS) is 10.3. The van der Waals surface area contributed by atoms with Crippen LogP contribution in [0.4, 0.5) is 11.4 Å². The van der Waals surface area contributed by atoms with Gasteiger partial charge in [0, 0.05) is 23.2 Å². The number of aryl methyl sites for hydroxylation is 1. The largest absolute Gasteiger partial charge is 0.380 e. The summed E-state index contributed by atoms with van der Waals surface area (Å²) in [6, 6.07) is 7.01. The van der Waals surface area contributed by atoms with Crippen molar-refractivity contribution in [3.63, 3.8) is 0 Å². The zero-order chi connectivity index (χ0) is 13.1. The van der Waals surface area contributed by atoms with Gasteiger partial charge in [-0.05, 0) is 52.0 Å². The number of hydrogen-bond donors (Lipinski definition) is 1. The van der Waals surface area contributed by atoms with Crippen molar-refractivity contribution >= 4 is 38.6 Å². The third-order valence-corrected chi connectivity index (χ3v) is 4.22. The molecule has 2 rings (SSSR count). The van der Waals surface area contributed by atoms with Crippen LogP contribution in [-0.4, -0.2) is 4.92 Å². The first-order chi connectivity index (χ1) is 8.58. The number of halogens is 1. The summed E-state index contributed by atoms with van der Waals surface area (Å²) in [5, 5.41) is 16.0. The zero-order valence-corrected chi connectivity index (χ0v) is 12.0. The van der Waals surface area contributed by atoms with Gasteiger partial charge in [-0.15, -0.1) is 11.3 Å². The lowest BCUT2D eigenvalue weighted by atomic mass is 10.2. The Kier molecular flexibility index (Phi) is 3.98. The van der Waals surface area contributed by atoms with E-state index in [-0.39, 0.29) is 5.69 Å². The van der Waals surface area contributed by atoms with E-state index < -0.39 is 4.92 Å². The Balaban J connectivity index is 2.09. The van der Waals surface area contributed by atoms with Crippen LogP contribution in [0.1, 0.15) is 10.4 Å². The molecule has 0 radical (unpaired) electrons. The second-order valence-electron chi connectivity index (χ2n) is 3.80. The van der Waals surface area contributed by atoms with Crippen molar-refractivity contribution < 1.29 is 4.92 Å². The molecule has 0 saturated carbocycles. The van der Waals surface area contributed by atoms with Crippen LogP contribution in [0.3, 0.4) is 0 Å². The molecule has 4 nitrogen and oxygen atoms in total. The van der Waals surface area contributed by atoms with Gasteiger partial charge < -0.3 is 5.32 Å². The van der Waals surface area contributed by atoms with Gasteiger partial charge in [-0.3, -0.25) is 10.1 Å². The Hall–Kier alpha value is -1.40. The Bertz CT molecular complexity index is 583. The van der Waals surface area contributed by atoms with Gasteiger partial charge in [-0.25, -0.2) is 0 Å². The molecule has 0 aliphatic rings. The summed E-state index contributed by atoms with van der Waals surface area (Å²) < 4.78 is 0.486. The number of benzene rings is 1. The quantitative estimate of drug-likeness (QED) is 0.671. The smallest absolute Gasteiger partial charge is 0.283 e. The fourth-order valence-electron chi connectivity index (χ4n) is 1.53. The topological polar surface area (TPSA) is 55.2 Å². The van der Waals surface area contributed by atoms with Crippen molar-refractivity contribution in [2.24, 2.45) is 0 Å². The van der Waals surface area contributed by atoms with Crippen molar-refractivity contribution in [2.45, 2.75) is 13.5 Å². The maximum Gasteiger partial charge on any atom is 0.283 e. The summed E-state index contributed by atoms with van der Waals surface area (Å²) in [5.74, 6) is 0. The second kappa shape index (κ2) is 5.49. The predicted molar refractivity (Wildman–Crippen MR) is 77.2 cm³/mol. The first-order valence-corrected chi connectivity index (χ1v) is 6.96. The molecule has 2 aromatic rings. The van der Waals surface area contributed by atoms with Crippen LogP contribution in [0.15, 0.2) is 34.1 Å². The molecule has 1 heterocycles. The fourth-order valence-corrected chi connectivity index (χ4v) is 2.90. The minimum absolute atomic E-state index is 0.0767. The molecule has 0 bridgehead atoms. The Morgan fingerprint density at radius 1 is 1.44 bits per heavy atom. The van der Waals surface area contributed by atoms with E-state index in [2.05, 4.69) is 39.6 Å². The molecule has 94 valence electrons. The molecule has 6 heteroatoms. The zero-order valence-electron chi connectivity index (χ0n) is 9.64. The first-order valence-electron chi connectivity index (χ1n) is 5.28. The number of nitrogens with zero attached hydrogens (tertiary/aromatic N) is 1. The monoisotopic (exact) mass is 326 g/mol. The first kappa shape index (κ1) is 13.0. The van der Waals surface area contributed by atoms with Gasteiger partial charge in [0.15, 0.2) is 0 Å². The van der Waals surface area contributed by atoms with E-state index >= 15 is 0 Å². The summed E-state index contributed by atoms with van der Waals surface area (Å²) in [7, 11) is 0. The number of rotatable bonds is 4. The standard InChI is InChI=1S/C12H11BrN2O2S/c1-8-4-5-18-12(8)7-14-9-2-3-11(15(16)17)10(13)6-9/h2-6,14H,7H2,1H3. The van der Waals surface area contributed by atoms with Crippen LogP contribution in [0.25, 0.3) is 0 Å². The molecule has 0 amide bonds. The Morgan fingerprint density at radius 2 is 2.22 bits per heavy atom. The van der Waals surface area contributed by atoms with Crippen LogP contribution >= 0.6 is 27.3 Å². The van der Waals surface area contributed by atoms with Crippen LogP contribution in [0.2, 0.25) is 0 Å².